The van der Waals surface area contributed by atoms with Gasteiger partial charge in [0, 0.05) is 54.5 Å². The summed E-state index contributed by atoms with van der Waals surface area (Å²) in [6.07, 6.45) is 0. The van der Waals surface area contributed by atoms with Crippen LogP contribution in [0.15, 0.2) is 170 Å². The Bertz CT molecular complexity index is 3580. The lowest BCUT2D eigenvalue weighted by molar-refractivity contribution is 1.27. The Kier molecular flexibility index (Phi) is 5.08. The summed E-state index contributed by atoms with van der Waals surface area (Å²) in [4.78, 5) is 8.15. The Morgan fingerprint density at radius 2 is 0.981 bits per heavy atom. The van der Waals surface area contributed by atoms with Crippen LogP contribution in [0.1, 0.15) is 0 Å². The first-order valence-corrected chi connectivity index (χ1v) is 18.2. The Morgan fingerprint density at radius 3 is 1.77 bits per heavy atom. The number of nitrogens with zero attached hydrogens (tertiary/aromatic N) is 4. The molecule has 0 fully saturated rings. The normalized spacial score (nSPS) is 12.5. The minimum absolute atomic E-state index is 1.01. The first kappa shape index (κ1) is 27.5. The third-order valence-electron chi connectivity index (χ3n) is 11.7. The lowest BCUT2D eigenvalue weighted by Gasteiger charge is -2.26. The fourth-order valence-corrected chi connectivity index (χ4v) is 9.59. The summed E-state index contributed by atoms with van der Waals surface area (Å²) in [5, 5.41) is 13.6. The standard InChI is InChI=1S/C49H28N4/c1-3-15-31(16-4-1)51(32-17-5-2-6-18-32)41-24-12-23-38-43-33-19-9-8-14-30(33)27-40-44-42(52(47(38)41)48(40)43)28-39-36-22-11-21-35-37-26-25-29-13-7-10-20-34(29)45(37)53(46(35)36)49(39)50-44/h1-28H. The summed E-state index contributed by atoms with van der Waals surface area (Å²) in [5.74, 6) is 0. The third-order valence-corrected chi connectivity index (χ3v) is 11.7. The van der Waals surface area contributed by atoms with E-state index in [1.54, 1.807) is 0 Å². The van der Waals surface area contributed by atoms with Crippen LogP contribution in [-0.4, -0.2) is 13.8 Å². The van der Waals surface area contributed by atoms with Gasteiger partial charge in [-0.2, -0.15) is 0 Å². The molecule has 0 N–H and O–H groups in total. The third kappa shape index (κ3) is 3.39. The van der Waals surface area contributed by atoms with Crippen LogP contribution in [0.5, 0.6) is 0 Å². The summed E-state index contributed by atoms with van der Waals surface area (Å²) in [6, 6.07) is 61.9. The fraction of sp³-hybridized carbons (Fsp3) is 0. The second-order valence-electron chi connectivity index (χ2n) is 14.3. The van der Waals surface area contributed by atoms with Crippen molar-refractivity contribution in [1.29, 1.82) is 0 Å². The molecule has 0 bridgehead atoms. The molecule has 4 heteroatoms. The number of benzene rings is 8. The molecule has 53 heavy (non-hydrogen) atoms. The van der Waals surface area contributed by atoms with Gasteiger partial charge in [-0.15, -0.1) is 0 Å². The molecule has 4 nitrogen and oxygen atoms in total. The molecule has 5 aromatic heterocycles. The Morgan fingerprint density at radius 1 is 0.377 bits per heavy atom. The van der Waals surface area contributed by atoms with Crippen LogP contribution < -0.4 is 4.90 Å². The highest BCUT2D eigenvalue weighted by Gasteiger charge is 2.27. The van der Waals surface area contributed by atoms with Crippen LogP contribution in [0.4, 0.5) is 17.1 Å². The molecule has 0 amide bonds. The molecule has 13 aromatic rings. The number of anilines is 3. The van der Waals surface area contributed by atoms with E-state index in [0.717, 1.165) is 33.7 Å². The number of para-hydroxylation sites is 4. The van der Waals surface area contributed by atoms with Crippen LogP contribution in [0.25, 0.3) is 98.0 Å². The van der Waals surface area contributed by atoms with Gasteiger partial charge in [0.05, 0.1) is 38.8 Å². The predicted molar refractivity (Wildman–Crippen MR) is 223 cm³/mol. The minimum atomic E-state index is 1.01. The second kappa shape index (κ2) is 9.78. The largest absolute Gasteiger partial charge is 0.308 e. The number of hydrogen-bond acceptors (Lipinski definition) is 2. The molecule has 8 aromatic carbocycles. The van der Waals surface area contributed by atoms with Crippen molar-refractivity contribution in [2.75, 3.05) is 4.90 Å². The van der Waals surface area contributed by atoms with Gasteiger partial charge >= 0.3 is 0 Å². The van der Waals surface area contributed by atoms with Crippen LogP contribution in [0, 0.1) is 0 Å². The summed E-state index contributed by atoms with van der Waals surface area (Å²) in [6.45, 7) is 0. The van der Waals surface area contributed by atoms with Gasteiger partial charge in [-0.25, -0.2) is 4.98 Å². The minimum Gasteiger partial charge on any atom is -0.308 e. The second-order valence-corrected chi connectivity index (χ2v) is 14.3. The first-order valence-electron chi connectivity index (χ1n) is 18.2. The van der Waals surface area contributed by atoms with Crippen LogP contribution in [0.3, 0.4) is 0 Å². The molecule has 0 spiro atoms. The van der Waals surface area contributed by atoms with Crippen molar-refractivity contribution in [3.05, 3.63) is 170 Å². The van der Waals surface area contributed by atoms with Gasteiger partial charge in [-0.05, 0) is 58.6 Å². The molecule has 0 unspecified atom stereocenters. The average molecular weight is 673 g/mol. The number of pyridine rings is 1. The maximum atomic E-state index is 5.75. The number of aromatic nitrogens is 3. The van der Waals surface area contributed by atoms with Gasteiger partial charge in [0.25, 0.3) is 0 Å². The van der Waals surface area contributed by atoms with E-state index >= 15 is 0 Å². The van der Waals surface area contributed by atoms with E-state index < -0.39 is 0 Å². The maximum absolute atomic E-state index is 5.75. The molecule has 0 saturated carbocycles. The molecule has 0 radical (unpaired) electrons. The zero-order valence-electron chi connectivity index (χ0n) is 28.5. The molecule has 13 rings (SSSR count). The molecular formula is C49H28N4. The number of fused-ring (bicyclic) bond motifs is 16. The topological polar surface area (TPSA) is 25.0 Å². The monoisotopic (exact) mass is 672 g/mol. The summed E-state index contributed by atoms with van der Waals surface area (Å²) < 4.78 is 4.96. The Hall–Kier alpha value is -7.17. The molecule has 0 aliphatic rings. The van der Waals surface area contributed by atoms with E-state index in [9.17, 15) is 0 Å². The zero-order valence-corrected chi connectivity index (χ0v) is 28.5. The summed E-state index contributed by atoms with van der Waals surface area (Å²) >= 11 is 0. The highest BCUT2D eigenvalue weighted by Crippen LogP contribution is 2.49. The Labute approximate surface area is 302 Å². The van der Waals surface area contributed by atoms with Crippen molar-refractivity contribution in [3.8, 4) is 0 Å². The smallest absolute Gasteiger partial charge is 0.146 e. The molecular weight excluding hydrogens is 645 g/mol. The number of hydrogen-bond donors (Lipinski definition) is 0. The quantitative estimate of drug-likeness (QED) is 0.187. The lowest BCUT2D eigenvalue weighted by Crippen LogP contribution is -2.10. The van der Waals surface area contributed by atoms with Gasteiger partial charge in [-0.3, -0.25) is 4.40 Å². The van der Waals surface area contributed by atoms with Gasteiger partial charge in [0.2, 0.25) is 0 Å². The van der Waals surface area contributed by atoms with E-state index in [1.807, 2.05) is 0 Å². The van der Waals surface area contributed by atoms with E-state index in [0.29, 0.717) is 0 Å². The first-order chi connectivity index (χ1) is 26.3. The molecule has 5 heterocycles. The summed E-state index contributed by atoms with van der Waals surface area (Å²) in [7, 11) is 0. The lowest BCUT2D eigenvalue weighted by atomic mass is 10.0. The van der Waals surface area contributed by atoms with Crippen molar-refractivity contribution in [2.24, 2.45) is 0 Å². The molecule has 0 saturated heterocycles. The molecule has 0 atom stereocenters. The molecule has 0 aliphatic carbocycles. The van der Waals surface area contributed by atoms with Crippen LogP contribution >= 0.6 is 0 Å². The van der Waals surface area contributed by atoms with Gasteiger partial charge in [0.1, 0.15) is 5.65 Å². The van der Waals surface area contributed by atoms with Crippen molar-refractivity contribution in [2.45, 2.75) is 0 Å². The van der Waals surface area contributed by atoms with Crippen molar-refractivity contribution < 1.29 is 0 Å². The maximum Gasteiger partial charge on any atom is 0.146 e. The summed E-state index contributed by atoms with van der Waals surface area (Å²) in [5.41, 5.74) is 11.4. The van der Waals surface area contributed by atoms with Gasteiger partial charge in [0.15, 0.2) is 0 Å². The highest BCUT2D eigenvalue weighted by molar-refractivity contribution is 6.34. The van der Waals surface area contributed by atoms with E-state index in [-0.39, 0.29) is 0 Å². The van der Waals surface area contributed by atoms with Crippen molar-refractivity contribution in [3.63, 3.8) is 0 Å². The fourth-order valence-electron chi connectivity index (χ4n) is 9.59. The number of rotatable bonds is 3. The highest BCUT2D eigenvalue weighted by atomic mass is 15.2. The zero-order chi connectivity index (χ0) is 34.4. The predicted octanol–water partition coefficient (Wildman–Crippen LogP) is 13.2. The molecule has 244 valence electrons. The van der Waals surface area contributed by atoms with Crippen LogP contribution in [-0.2, 0) is 0 Å². The van der Waals surface area contributed by atoms with Gasteiger partial charge < -0.3 is 9.30 Å². The van der Waals surface area contributed by atoms with Gasteiger partial charge in [-0.1, -0.05) is 127 Å². The average Bonchev–Trinajstić information content (AvgIpc) is 3.94. The van der Waals surface area contributed by atoms with E-state index in [4.69, 9.17) is 4.98 Å². The van der Waals surface area contributed by atoms with Crippen LogP contribution in [0.2, 0.25) is 0 Å². The SMILES string of the molecule is c1ccc(N(c2ccccc2)c2cccc3c4c5ccccc5cc5c6nc7c(cc6n(c23)c54)c2cccc3c4ccc5ccccc5c4n7c23)cc1. The van der Waals surface area contributed by atoms with Crippen molar-refractivity contribution >= 4 is 115 Å². The molecule has 0 aliphatic heterocycles. The van der Waals surface area contributed by atoms with E-state index in [1.165, 1.54) is 81.3 Å². The van der Waals surface area contributed by atoms with Crippen molar-refractivity contribution in [1.82, 2.24) is 13.8 Å². The Balaban J connectivity index is 1.26. The van der Waals surface area contributed by atoms with E-state index in [2.05, 4.69) is 184 Å².